The lowest BCUT2D eigenvalue weighted by Crippen LogP contribution is -2.47. The van der Waals surface area contributed by atoms with Gasteiger partial charge in [0.1, 0.15) is 0 Å². The fourth-order valence-corrected chi connectivity index (χ4v) is 2.97. The van der Waals surface area contributed by atoms with Gasteiger partial charge < -0.3 is 15.2 Å². The summed E-state index contributed by atoms with van der Waals surface area (Å²) in [6.45, 7) is 13.0. The zero-order valence-electron chi connectivity index (χ0n) is 13.8. The monoisotopic (exact) mass is 286 g/mol. The van der Waals surface area contributed by atoms with E-state index in [0.717, 1.165) is 45.4 Å². The van der Waals surface area contributed by atoms with Gasteiger partial charge >= 0.3 is 0 Å². The number of hydrogen-bond donors (Lipinski definition) is 2. The number of unbranched alkanes of at least 4 members (excludes halogenated alkanes) is 1. The molecule has 120 valence electrons. The van der Waals surface area contributed by atoms with Crippen LogP contribution in [0.4, 0.5) is 0 Å². The number of nitrogens with one attached hydrogen (secondary N) is 1. The summed E-state index contributed by atoms with van der Waals surface area (Å²) >= 11 is 0. The Morgan fingerprint density at radius 2 is 1.90 bits per heavy atom. The molecule has 0 bridgehead atoms. The Morgan fingerprint density at radius 3 is 2.45 bits per heavy atom. The SMILES string of the molecule is CCCNC(C)(CO)CCCCN1C[C@@H](C)O[C@@H](C)C1. The second-order valence-corrected chi connectivity index (χ2v) is 6.62. The number of nitrogens with zero attached hydrogens (tertiary/aromatic N) is 1. The van der Waals surface area contributed by atoms with E-state index in [2.05, 4.69) is 37.9 Å². The minimum Gasteiger partial charge on any atom is -0.394 e. The molecule has 0 aromatic rings. The molecular formula is C16H34N2O2. The molecule has 0 aromatic heterocycles. The summed E-state index contributed by atoms with van der Waals surface area (Å²) in [5.41, 5.74) is -0.110. The first-order valence-electron chi connectivity index (χ1n) is 8.23. The molecule has 1 aliphatic heterocycles. The van der Waals surface area contributed by atoms with E-state index in [-0.39, 0.29) is 12.1 Å². The maximum Gasteiger partial charge on any atom is 0.0678 e. The Morgan fingerprint density at radius 1 is 1.25 bits per heavy atom. The van der Waals surface area contributed by atoms with Crippen LogP contribution in [0.3, 0.4) is 0 Å². The third-order valence-corrected chi connectivity index (χ3v) is 4.10. The summed E-state index contributed by atoms with van der Waals surface area (Å²) in [5.74, 6) is 0. The van der Waals surface area contributed by atoms with Gasteiger partial charge in [0.2, 0.25) is 0 Å². The summed E-state index contributed by atoms with van der Waals surface area (Å²) < 4.78 is 5.75. The molecular weight excluding hydrogens is 252 g/mol. The standard InChI is InChI=1S/C16H34N2O2/c1-5-9-17-16(4,13-19)8-6-7-10-18-11-14(2)20-15(3)12-18/h14-15,17,19H,5-13H2,1-4H3/t14-,15+,16?. The van der Waals surface area contributed by atoms with Crippen LogP contribution in [0.1, 0.15) is 53.4 Å². The number of aliphatic hydroxyl groups excluding tert-OH is 1. The van der Waals surface area contributed by atoms with Crippen molar-refractivity contribution in [2.45, 2.75) is 71.1 Å². The van der Waals surface area contributed by atoms with Gasteiger partial charge in [0, 0.05) is 18.6 Å². The number of ether oxygens (including phenoxy) is 1. The van der Waals surface area contributed by atoms with E-state index < -0.39 is 0 Å². The average molecular weight is 286 g/mol. The quantitative estimate of drug-likeness (QED) is 0.637. The van der Waals surface area contributed by atoms with E-state index >= 15 is 0 Å². The Balaban J connectivity index is 2.19. The Bertz CT molecular complexity index is 253. The summed E-state index contributed by atoms with van der Waals surface area (Å²) in [7, 11) is 0. The third-order valence-electron chi connectivity index (χ3n) is 4.10. The van der Waals surface area contributed by atoms with Crippen molar-refractivity contribution in [3.63, 3.8) is 0 Å². The Hall–Kier alpha value is -0.160. The molecule has 2 N–H and O–H groups in total. The van der Waals surface area contributed by atoms with Gasteiger partial charge in [-0.2, -0.15) is 0 Å². The highest BCUT2D eigenvalue weighted by Gasteiger charge is 2.23. The molecule has 4 nitrogen and oxygen atoms in total. The van der Waals surface area contributed by atoms with Crippen molar-refractivity contribution in [3.05, 3.63) is 0 Å². The van der Waals surface area contributed by atoms with Crippen molar-refractivity contribution in [1.82, 2.24) is 10.2 Å². The van der Waals surface area contributed by atoms with Crippen LogP contribution >= 0.6 is 0 Å². The molecule has 0 amide bonds. The van der Waals surface area contributed by atoms with E-state index in [1.54, 1.807) is 0 Å². The predicted octanol–water partition coefficient (Wildman–Crippen LogP) is 2.02. The first-order valence-corrected chi connectivity index (χ1v) is 8.23. The van der Waals surface area contributed by atoms with Gasteiger partial charge in [-0.1, -0.05) is 13.3 Å². The van der Waals surface area contributed by atoms with Crippen LogP contribution < -0.4 is 5.32 Å². The molecule has 1 fully saturated rings. The number of hydrogen-bond acceptors (Lipinski definition) is 4. The van der Waals surface area contributed by atoms with E-state index in [1.807, 2.05) is 0 Å². The molecule has 1 aliphatic rings. The van der Waals surface area contributed by atoms with Gasteiger partial charge in [-0.05, 0) is 53.1 Å². The zero-order chi connectivity index (χ0) is 15.0. The third kappa shape index (κ3) is 6.53. The second kappa shape index (κ2) is 8.98. The van der Waals surface area contributed by atoms with Crippen molar-refractivity contribution < 1.29 is 9.84 Å². The number of rotatable bonds is 9. The van der Waals surface area contributed by atoms with Gasteiger partial charge in [-0.15, -0.1) is 0 Å². The van der Waals surface area contributed by atoms with Crippen molar-refractivity contribution in [1.29, 1.82) is 0 Å². The smallest absolute Gasteiger partial charge is 0.0678 e. The predicted molar refractivity (Wildman–Crippen MR) is 84.1 cm³/mol. The van der Waals surface area contributed by atoms with Crippen LogP contribution in [-0.2, 0) is 4.74 Å². The van der Waals surface area contributed by atoms with Gasteiger partial charge in [-0.25, -0.2) is 0 Å². The minimum atomic E-state index is -0.110. The lowest BCUT2D eigenvalue weighted by Gasteiger charge is -2.35. The van der Waals surface area contributed by atoms with Crippen molar-refractivity contribution in [3.8, 4) is 0 Å². The zero-order valence-corrected chi connectivity index (χ0v) is 13.8. The summed E-state index contributed by atoms with van der Waals surface area (Å²) in [6.07, 6.45) is 5.22. The van der Waals surface area contributed by atoms with Gasteiger partial charge in [0.15, 0.2) is 0 Å². The maximum absolute atomic E-state index is 9.54. The Labute approximate surface area is 124 Å². The topological polar surface area (TPSA) is 44.7 Å². The largest absolute Gasteiger partial charge is 0.394 e. The lowest BCUT2D eigenvalue weighted by atomic mass is 9.95. The van der Waals surface area contributed by atoms with E-state index in [9.17, 15) is 5.11 Å². The molecule has 0 aromatic carbocycles. The van der Waals surface area contributed by atoms with Crippen LogP contribution in [-0.4, -0.2) is 60.5 Å². The molecule has 0 saturated carbocycles. The number of aliphatic hydroxyl groups is 1. The average Bonchev–Trinajstić information content (AvgIpc) is 2.40. The highest BCUT2D eigenvalue weighted by atomic mass is 16.5. The summed E-state index contributed by atoms with van der Waals surface area (Å²) in [6, 6.07) is 0. The molecule has 1 saturated heterocycles. The maximum atomic E-state index is 9.54. The van der Waals surface area contributed by atoms with Crippen LogP contribution in [0.2, 0.25) is 0 Å². The summed E-state index contributed by atoms with van der Waals surface area (Å²) in [4.78, 5) is 2.51. The first-order chi connectivity index (χ1) is 9.49. The van der Waals surface area contributed by atoms with Gasteiger partial charge in [0.25, 0.3) is 0 Å². The fourth-order valence-electron chi connectivity index (χ4n) is 2.97. The molecule has 4 heteroatoms. The van der Waals surface area contributed by atoms with Crippen LogP contribution in [0, 0.1) is 0 Å². The molecule has 1 heterocycles. The number of morpholine rings is 1. The second-order valence-electron chi connectivity index (χ2n) is 6.62. The highest BCUT2D eigenvalue weighted by Crippen LogP contribution is 2.15. The lowest BCUT2D eigenvalue weighted by molar-refractivity contribution is -0.0682. The van der Waals surface area contributed by atoms with E-state index in [4.69, 9.17) is 4.74 Å². The van der Waals surface area contributed by atoms with Crippen LogP contribution in [0.25, 0.3) is 0 Å². The van der Waals surface area contributed by atoms with Gasteiger partial charge in [-0.3, -0.25) is 4.90 Å². The van der Waals surface area contributed by atoms with Crippen molar-refractivity contribution in [2.75, 3.05) is 32.8 Å². The van der Waals surface area contributed by atoms with Crippen molar-refractivity contribution in [2.24, 2.45) is 0 Å². The fraction of sp³-hybridized carbons (Fsp3) is 1.00. The molecule has 1 unspecified atom stereocenters. The molecule has 0 spiro atoms. The molecule has 3 atom stereocenters. The van der Waals surface area contributed by atoms with E-state index in [0.29, 0.717) is 12.2 Å². The first kappa shape index (κ1) is 17.9. The minimum absolute atomic E-state index is 0.110. The highest BCUT2D eigenvalue weighted by molar-refractivity contribution is 4.82. The molecule has 0 radical (unpaired) electrons. The molecule has 1 rings (SSSR count). The molecule has 0 aliphatic carbocycles. The van der Waals surface area contributed by atoms with Crippen LogP contribution in [0.5, 0.6) is 0 Å². The van der Waals surface area contributed by atoms with Crippen LogP contribution in [0.15, 0.2) is 0 Å². The molecule has 20 heavy (non-hydrogen) atoms. The van der Waals surface area contributed by atoms with Crippen molar-refractivity contribution >= 4 is 0 Å². The van der Waals surface area contributed by atoms with Gasteiger partial charge in [0.05, 0.1) is 18.8 Å². The normalized spacial score (nSPS) is 27.4. The summed E-state index contributed by atoms with van der Waals surface area (Å²) in [5, 5.41) is 13.0. The Kier molecular flexibility index (Phi) is 8.03. The van der Waals surface area contributed by atoms with E-state index in [1.165, 1.54) is 6.42 Å².